The third-order valence-electron chi connectivity index (χ3n) is 4.18. The van der Waals surface area contributed by atoms with Gasteiger partial charge in [0.1, 0.15) is 5.69 Å². The molecule has 1 N–H and O–H groups in total. The lowest BCUT2D eigenvalue weighted by Gasteiger charge is -2.05. The summed E-state index contributed by atoms with van der Waals surface area (Å²) in [5, 5.41) is 15.2. The maximum Gasteiger partial charge on any atom is 0.265 e. The molecule has 4 rings (SSSR count). The zero-order chi connectivity index (χ0) is 18.8. The second-order valence-corrected chi connectivity index (χ2v) is 6.26. The lowest BCUT2D eigenvalue weighted by Crippen LogP contribution is -2.23. The van der Waals surface area contributed by atoms with E-state index in [2.05, 4.69) is 20.6 Å². The van der Waals surface area contributed by atoms with Crippen molar-refractivity contribution < 1.29 is 18.7 Å². The van der Waals surface area contributed by atoms with E-state index < -0.39 is 0 Å². The zero-order valence-corrected chi connectivity index (χ0v) is 15.1. The van der Waals surface area contributed by atoms with Crippen LogP contribution in [0.2, 0.25) is 0 Å². The van der Waals surface area contributed by atoms with Crippen LogP contribution in [0.5, 0.6) is 11.5 Å². The number of hydrogen-bond donors (Lipinski definition) is 1. The summed E-state index contributed by atoms with van der Waals surface area (Å²) in [6.45, 7) is 2.54. The molecule has 0 fully saturated rings. The molecule has 9 heteroatoms. The predicted molar refractivity (Wildman–Crippen MR) is 94.0 cm³/mol. The Kier molecular flexibility index (Phi) is 4.49. The van der Waals surface area contributed by atoms with Crippen LogP contribution in [0.1, 0.15) is 23.6 Å². The number of benzene rings is 1. The molecule has 140 valence electrons. The first-order valence-electron chi connectivity index (χ1n) is 8.57. The average molecular weight is 369 g/mol. The number of hydrogen-bond acceptors (Lipinski definition) is 7. The number of ether oxygens (including phenoxy) is 2. The fourth-order valence-corrected chi connectivity index (χ4v) is 2.83. The normalized spacial score (nSPS) is 12.4. The van der Waals surface area contributed by atoms with E-state index in [1.54, 1.807) is 4.68 Å². The Morgan fingerprint density at radius 3 is 2.89 bits per heavy atom. The summed E-state index contributed by atoms with van der Waals surface area (Å²) < 4.78 is 17.9. The van der Waals surface area contributed by atoms with E-state index in [-0.39, 0.29) is 19.1 Å². The molecule has 0 atom stereocenters. The number of nitrogens with zero attached hydrogens (tertiary/aromatic N) is 4. The van der Waals surface area contributed by atoms with Crippen molar-refractivity contribution in [1.29, 1.82) is 0 Å². The summed E-state index contributed by atoms with van der Waals surface area (Å²) in [5.41, 5.74) is 2.56. The summed E-state index contributed by atoms with van der Waals surface area (Å²) >= 11 is 0. The minimum absolute atomic E-state index is 0.0937. The van der Waals surface area contributed by atoms with E-state index in [1.165, 1.54) is 0 Å². The number of nitrogens with one attached hydrogen (secondary N) is 1. The van der Waals surface area contributed by atoms with Crippen molar-refractivity contribution in [3.05, 3.63) is 41.4 Å². The molecule has 1 aliphatic rings. The molecular formula is C18H19N5O4. The standard InChI is InChI=1S/C18H19N5O4/c1-11-7-13(23(2)22-11)18-21-20-17(27-18)6-5-16(24)19-9-12-3-4-14-15(8-12)26-10-25-14/h3-4,7-8H,5-6,9-10H2,1-2H3,(H,19,24). The lowest BCUT2D eigenvalue weighted by atomic mass is 10.2. The number of rotatable bonds is 6. The maximum absolute atomic E-state index is 12.1. The van der Waals surface area contributed by atoms with Crippen molar-refractivity contribution >= 4 is 5.91 Å². The summed E-state index contributed by atoms with van der Waals surface area (Å²) in [4.78, 5) is 12.1. The third-order valence-corrected chi connectivity index (χ3v) is 4.18. The van der Waals surface area contributed by atoms with Crippen molar-refractivity contribution in [3.8, 4) is 23.1 Å². The van der Waals surface area contributed by atoms with Gasteiger partial charge in [-0.25, -0.2) is 0 Å². The van der Waals surface area contributed by atoms with Gasteiger partial charge in [0.05, 0.1) is 5.69 Å². The van der Waals surface area contributed by atoms with Crippen LogP contribution in [-0.4, -0.2) is 32.7 Å². The number of aromatic nitrogens is 4. The van der Waals surface area contributed by atoms with Gasteiger partial charge in [0.25, 0.3) is 5.89 Å². The molecule has 0 saturated heterocycles. The van der Waals surface area contributed by atoms with Gasteiger partial charge < -0.3 is 19.2 Å². The molecule has 0 unspecified atom stereocenters. The minimum Gasteiger partial charge on any atom is -0.454 e. The Morgan fingerprint density at radius 1 is 1.22 bits per heavy atom. The third kappa shape index (κ3) is 3.76. The highest BCUT2D eigenvalue weighted by Crippen LogP contribution is 2.32. The fourth-order valence-electron chi connectivity index (χ4n) is 2.83. The molecule has 0 aliphatic carbocycles. The van der Waals surface area contributed by atoms with Crippen LogP contribution < -0.4 is 14.8 Å². The van der Waals surface area contributed by atoms with Crippen LogP contribution in [0, 0.1) is 6.92 Å². The van der Waals surface area contributed by atoms with Gasteiger partial charge in [0, 0.05) is 26.4 Å². The molecule has 2 aromatic heterocycles. The van der Waals surface area contributed by atoms with Gasteiger partial charge in [-0.2, -0.15) is 5.10 Å². The van der Waals surface area contributed by atoms with E-state index in [9.17, 15) is 4.79 Å². The Balaban J connectivity index is 1.29. The quantitative estimate of drug-likeness (QED) is 0.706. The molecule has 0 spiro atoms. The number of carbonyl (C=O) groups excluding carboxylic acids is 1. The first-order valence-corrected chi connectivity index (χ1v) is 8.57. The van der Waals surface area contributed by atoms with Crippen LogP contribution in [0.3, 0.4) is 0 Å². The van der Waals surface area contributed by atoms with E-state index in [0.717, 1.165) is 22.7 Å². The predicted octanol–water partition coefficient (Wildman–Crippen LogP) is 1.76. The van der Waals surface area contributed by atoms with Gasteiger partial charge in [0.2, 0.25) is 18.6 Å². The molecule has 1 aromatic carbocycles. The zero-order valence-electron chi connectivity index (χ0n) is 15.1. The average Bonchev–Trinajstić information content (AvgIpc) is 3.37. The molecule has 1 aliphatic heterocycles. The summed E-state index contributed by atoms with van der Waals surface area (Å²) in [5.74, 6) is 2.14. The minimum atomic E-state index is -0.0937. The monoisotopic (exact) mass is 369 g/mol. The van der Waals surface area contributed by atoms with Crippen molar-refractivity contribution in [2.24, 2.45) is 7.05 Å². The van der Waals surface area contributed by atoms with Gasteiger partial charge in [-0.15, -0.1) is 10.2 Å². The molecule has 3 aromatic rings. The Hall–Kier alpha value is -3.36. The number of amides is 1. The van der Waals surface area contributed by atoms with Crippen LogP contribution in [0.4, 0.5) is 0 Å². The largest absolute Gasteiger partial charge is 0.454 e. The number of carbonyl (C=O) groups is 1. The van der Waals surface area contributed by atoms with Gasteiger partial charge in [-0.3, -0.25) is 9.48 Å². The van der Waals surface area contributed by atoms with E-state index >= 15 is 0 Å². The van der Waals surface area contributed by atoms with E-state index in [4.69, 9.17) is 13.9 Å². The van der Waals surface area contributed by atoms with Crippen molar-refractivity contribution in [2.75, 3.05) is 6.79 Å². The van der Waals surface area contributed by atoms with Crippen LogP contribution in [-0.2, 0) is 24.8 Å². The lowest BCUT2D eigenvalue weighted by molar-refractivity contribution is -0.121. The summed E-state index contributed by atoms with van der Waals surface area (Å²) in [7, 11) is 1.82. The fraction of sp³-hybridized carbons (Fsp3) is 0.333. The molecular weight excluding hydrogens is 350 g/mol. The molecule has 9 nitrogen and oxygen atoms in total. The highest BCUT2D eigenvalue weighted by molar-refractivity contribution is 5.76. The van der Waals surface area contributed by atoms with Gasteiger partial charge >= 0.3 is 0 Å². The summed E-state index contributed by atoms with van der Waals surface area (Å²) in [6, 6.07) is 7.47. The second-order valence-electron chi connectivity index (χ2n) is 6.26. The van der Waals surface area contributed by atoms with Crippen molar-refractivity contribution in [1.82, 2.24) is 25.3 Å². The van der Waals surface area contributed by atoms with Gasteiger partial charge in [0.15, 0.2) is 11.5 Å². The Morgan fingerprint density at radius 2 is 2.07 bits per heavy atom. The highest BCUT2D eigenvalue weighted by Gasteiger charge is 2.15. The van der Waals surface area contributed by atoms with E-state index in [1.807, 2.05) is 38.2 Å². The first-order chi connectivity index (χ1) is 13.1. The van der Waals surface area contributed by atoms with Gasteiger partial charge in [-0.1, -0.05) is 6.07 Å². The van der Waals surface area contributed by atoms with Crippen molar-refractivity contribution in [2.45, 2.75) is 26.3 Å². The van der Waals surface area contributed by atoms with E-state index in [0.29, 0.717) is 30.5 Å². The smallest absolute Gasteiger partial charge is 0.265 e. The van der Waals surface area contributed by atoms with Crippen molar-refractivity contribution in [3.63, 3.8) is 0 Å². The van der Waals surface area contributed by atoms with Crippen LogP contribution in [0.25, 0.3) is 11.6 Å². The Bertz CT molecular complexity index is 978. The second kappa shape index (κ2) is 7.10. The summed E-state index contributed by atoms with van der Waals surface area (Å²) in [6.07, 6.45) is 0.632. The molecule has 27 heavy (non-hydrogen) atoms. The number of fused-ring (bicyclic) bond motifs is 1. The molecule has 0 bridgehead atoms. The van der Waals surface area contributed by atoms with Crippen LogP contribution in [0.15, 0.2) is 28.7 Å². The highest BCUT2D eigenvalue weighted by atomic mass is 16.7. The molecule has 0 radical (unpaired) electrons. The van der Waals surface area contributed by atoms with Gasteiger partial charge in [-0.05, 0) is 30.7 Å². The maximum atomic E-state index is 12.1. The van der Waals surface area contributed by atoms with Crippen LogP contribution >= 0.6 is 0 Å². The first kappa shape index (κ1) is 17.1. The topological polar surface area (TPSA) is 104 Å². The Labute approximate surface area is 155 Å². The molecule has 3 heterocycles. The molecule has 1 amide bonds. The molecule has 0 saturated carbocycles. The number of aryl methyl sites for hydroxylation is 3. The SMILES string of the molecule is Cc1cc(-c2nnc(CCC(=O)NCc3ccc4c(c3)OCO4)o2)n(C)n1.